The van der Waals surface area contributed by atoms with E-state index in [1.807, 2.05) is 0 Å². The average Bonchev–Trinajstić information content (AvgIpc) is 2.23. The van der Waals surface area contributed by atoms with Gasteiger partial charge in [0.2, 0.25) is 5.91 Å². The molecular weight excluding hydrogens is 192 g/mol. The summed E-state index contributed by atoms with van der Waals surface area (Å²) >= 11 is 0. The summed E-state index contributed by atoms with van der Waals surface area (Å²) in [6, 6.07) is 0. The molecule has 4 heteroatoms. The summed E-state index contributed by atoms with van der Waals surface area (Å²) in [6.07, 6.45) is 4.16. The van der Waals surface area contributed by atoms with Crippen molar-refractivity contribution in [1.29, 1.82) is 0 Å². The molecule has 3 N–H and O–H groups in total. The number of nitrogens with one attached hydrogen (secondary N) is 1. The highest BCUT2D eigenvalue weighted by atomic mass is 16.5. The van der Waals surface area contributed by atoms with Crippen LogP contribution >= 0.6 is 0 Å². The fourth-order valence-corrected chi connectivity index (χ4v) is 2.04. The molecular formula is C11H22N2O2. The van der Waals surface area contributed by atoms with Gasteiger partial charge in [0, 0.05) is 0 Å². The van der Waals surface area contributed by atoms with E-state index in [2.05, 4.69) is 19.3 Å². The van der Waals surface area contributed by atoms with Crippen LogP contribution in [0.2, 0.25) is 0 Å². The molecule has 1 aliphatic rings. The van der Waals surface area contributed by atoms with Gasteiger partial charge >= 0.3 is 0 Å². The summed E-state index contributed by atoms with van der Waals surface area (Å²) in [5, 5.41) is 0. The number of hydrazine groups is 1. The van der Waals surface area contributed by atoms with Crippen molar-refractivity contribution < 1.29 is 9.53 Å². The number of carbonyl (C=O) groups is 1. The van der Waals surface area contributed by atoms with Crippen molar-refractivity contribution in [3.63, 3.8) is 0 Å². The van der Waals surface area contributed by atoms with Crippen LogP contribution in [0.4, 0.5) is 0 Å². The number of hydrogen-bond acceptors (Lipinski definition) is 3. The molecule has 0 heterocycles. The molecule has 0 bridgehead atoms. The van der Waals surface area contributed by atoms with E-state index in [1.165, 1.54) is 6.42 Å². The second-order valence-electron chi connectivity index (χ2n) is 4.58. The highest BCUT2D eigenvalue weighted by molar-refractivity contribution is 5.75. The maximum atomic E-state index is 10.9. The Morgan fingerprint density at radius 3 is 2.73 bits per heavy atom. The molecule has 1 aliphatic carbocycles. The third-order valence-corrected chi connectivity index (χ3v) is 3.39. The van der Waals surface area contributed by atoms with E-state index < -0.39 is 0 Å². The first-order valence-corrected chi connectivity index (χ1v) is 5.74. The van der Waals surface area contributed by atoms with Gasteiger partial charge in [0.1, 0.15) is 0 Å². The van der Waals surface area contributed by atoms with Crippen LogP contribution in [-0.4, -0.2) is 18.6 Å². The maximum Gasteiger partial charge on any atom is 0.236 e. The zero-order valence-corrected chi connectivity index (χ0v) is 9.66. The van der Waals surface area contributed by atoms with Crippen molar-refractivity contribution in [3.8, 4) is 0 Å². The van der Waals surface area contributed by atoms with Crippen LogP contribution in [-0.2, 0) is 9.53 Å². The summed E-state index contributed by atoms with van der Waals surface area (Å²) in [4.78, 5) is 10.9. The fraction of sp³-hybridized carbons (Fsp3) is 0.909. The third-order valence-electron chi connectivity index (χ3n) is 3.39. The first-order chi connectivity index (χ1) is 7.13. The molecule has 0 aliphatic heterocycles. The topological polar surface area (TPSA) is 64.3 Å². The number of ether oxygens (including phenoxy) is 1. The van der Waals surface area contributed by atoms with Crippen LogP contribution in [0.3, 0.4) is 0 Å². The lowest BCUT2D eigenvalue weighted by molar-refractivity contribution is -0.123. The standard InChI is InChI=1S/C11H22N2O2/c1-8-3-4-10(7-9(8)2)15-6-5-11(14)13-12/h8-10H,3-7,12H2,1-2H3,(H,13,14). The lowest BCUT2D eigenvalue weighted by atomic mass is 9.80. The van der Waals surface area contributed by atoms with Crippen molar-refractivity contribution in [3.05, 3.63) is 0 Å². The van der Waals surface area contributed by atoms with E-state index in [9.17, 15) is 4.79 Å². The Morgan fingerprint density at radius 1 is 1.40 bits per heavy atom. The number of nitrogens with two attached hydrogens (primary N) is 1. The molecule has 88 valence electrons. The number of hydrogen-bond donors (Lipinski definition) is 2. The summed E-state index contributed by atoms with van der Waals surface area (Å²) in [5.41, 5.74) is 2.10. The monoisotopic (exact) mass is 214 g/mol. The van der Waals surface area contributed by atoms with Gasteiger partial charge in [-0.3, -0.25) is 10.2 Å². The average molecular weight is 214 g/mol. The van der Waals surface area contributed by atoms with E-state index in [1.54, 1.807) is 0 Å². The zero-order chi connectivity index (χ0) is 11.3. The SMILES string of the molecule is CC1CCC(OCCC(=O)NN)CC1C. The summed E-state index contributed by atoms with van der Waals surface area (Å²) < 4.78 is 5.66. The van der Waals surface area contributed by atoms with E-state index in [0.29, 0.717) is 19.1 Å². The van der Waals surface area contributed by atoms with Crippen molar-refractivity contribution in [1.82, 2.24) is 5.43 Å². The molecule has 1 amide bonds. The van der Waals surface area contributed by atoms with Crippen LogP contribution in [0.5, 0.6) is 0 Å². The minimum Gasteiger partial charge on any atom is -0.378 e. The molecule has 1 rings (SSSR count). The second-order valence-corrected chi connectivity index (χ2v) is 4.58. The van der Waals surface area contributed by atoms with Gasteiger partial charge in [-0.25, -0.2) is 5.84 Å². The molecule has 0 spiro atoms. The van der Waals surface area contributed by atoms with Gasteiger partial charge < -0.3 is 4.74 Å². The highest BCUT2D eigenvalue weighted by Crippen LogP contribution is 2.30. The normalized spacial score (nSPS) is 31.3. The number of amides is 1. The molecule has 0 aromatic rings. The molecule has 0 saturated heterocycles. The Morgan fingerprint density at radius 2 is 2.13 bits per heavy atom. The lowest BCUT2D eigenvalue weighted by Crippen LogP contribution is -2.32. The highest BCUT2D eigenvalue weighted by Gasteiger charge is 2.24. The molecule has 4 nitrogen and oxygen atoms in total. The Labute approximate surface area is 91.5 Å². The predicted octanol–water partition coefficient (Wildman–Crippen LogP) is 1.21. The molecule has 3 unspecified atom stereocenters. The first kappa shape index (κ1) is 12.5. The fourth-order valence-electron chi connectivity index (χ4n) is 2.04. The van der Waals surface area contributed by atoms with Crippen LogP contribution in [0.15, 0.2) is 0 Å². The molecule has 1 saturated carbocycles. The van der Waals surface area contributed by atoms with Crippen LogP contribution < -0.4 is 11.3 Å². The van der Waals surface area contributed by atoms with Crippen LogP contribution in [0, 0.1) is 11.8 Å². The lowest BCUT2D eigenvalue weighted by Gasteiger charge is -2.31. The van der Waals surface area contributed by atoms with Gasteiger partial charge in [-0.2, -0.15) is 0 Å². The van der Waals surface area contributed by atoms with Crippen molar-refractivity contribution in [2.24, 2.45) is 17.7 Å². The Kier molecular flexibility index (Phi) is 5.05. The van der Waals surface area contributed by atoms with Gasteiger partial charge in [-0.1, -0.05) is 13.8 Å². The van der Waals surface area contributed by atoms with E-state index in [0.717, 1.165) is 24.7 Å². The van der Waals surface area contributed by atoms with Crippen molar-refractivity contribution in [2.75, 3.05) is 6.61 Å². The maximum absolute atomic E-state index is 10.9. The molecule has 3 atom stereocenters. The summed E-state index contributed by atoms with van der Waals surface area (Å²) in [7, 11) is 0. The van der Waals surface area contributed by atoms with Crippen molar-refractivity contribution >= 4 is 5.91 Å². The largest absolute Gasteiger partial charge is 0.378 e. The molecule has 0 aromatic carbocycles. The third kappa shape index (κ3) is 4.18. The van der Waals surface area contributed by atoms with Gasteiger partial charge in [0.25, 0.3) is 0 Å². The van der Waals surface area contributed by atoms with Gasteiger partial charge in [-0.05, 0) is 31.1 Å². The van der Waals surface area contributed by atoms with E-state index >= 15 is 0 Å². The number of carbonyl (C=O) groups excluding carboxylic acids is 1. The van der Waals surface area contributed by atoms with E-state index in [4.69, 9.17) is 10.6 Å². The summed E-state index contributed by atoms with van der Waals surface area (Å²) in [6.45, 7) is 5.05. The van der Waals surface area contributed by atoms with Crippen molar-refractivity contribution in [2.45, 2.75) is 45.6 Å². The predicted molar refractivity (Wildman–Crippen MR) is 58.9 cm³/mol. The zero-order valence-electron chi connectivity index (χ0n) is 9.66. The minimum atomic E-state index is -0.160. The summed E-state index contributed by atoms with van der Waals surface area (Å²) in [5.74, 6) is 6.35. The van der Waals surface area contributed by atoms with Gasteiger partial charge in [0.15, 0.2) is 0 Å². The van der Waals surface area contributed by atoms with Gasteiger partial charge in [0.05, 0.1) is 19.1 Å². The van der Waals surface area contributed by atoms with Crippen LogP contribution in [0.25, 0.3) is 0 Å². The molecule has 1 fully saturated rings. The quantitative estimate of drug-likeness (QED) is 0.420. The van der Waals surface area contributed by atoms with Gasteiger partial charge in [-0.15, -0.1) is 0 Å². The van der Waals surface area contributed by atoms with E-state index in [-0.39, 0.29) is 5.91 Å². The van der Waals surface area contributed by atoms with Crippen LogP contribution in [0.1, 0.15) is 39.5 Å². The molecule has 0 aromatic heterocycles. The Hall–Kier alpha value is -0.610. The smallest absolute Gasteiger partial charge is 0.236 e. The molecule has 15 heavy (non-hydrogen) atoms. The second kappa shape index (κ2) is 6.08. The molecule has 0 radical (unpaired) electrons. The number of rotatable bonds is 4. The Balaban J connectivity index is 2.14. The minimum absolute atomic E-state index is 0.160. The first-order valence-electron chi connectivity index (χ1n) is 5.74. The Bertz CT molecular complexity index is 209.